The summed E-state index contributed by atoms with van der Waals surface area (Å²) in [5.41, 5.74) is 0.548. The van der Waals surface area contributed by atoms with Crippen LogP contribution < -0.4 is 5.32 Å². The van der Waals surface area contributed by atoms with Crippen molar-refractivity contribution in [2.24, 2.45) is 12.0 Å². The maximum atomic E-state index is 14.4. The zero-order valence-corrected chi connectivity index (χ0v) is 19.3. The lowest BCUT2D eigenvalue weighted by Crippen LogP contribution is -2.53. The Morgan fingerprint density at radius 3 is 2.56 bits per heavy atom. The lowest BCUT2D eigenvalue weighted by molar-refractivity contribution is 0.124. The summed E-state index contributed by atoms with van der Waals surface area (Å²) in [5.74, 6) is 1.40. The van der Waals surface area contributed by atoms with Crippen molar-refractivity contribution in [3.8, 4) is 0 Å². The van der Waals surface area contributed by atoms with Crippen molar-refractivity contribution in [3.63, 3.8) is 0 Å². The predicted molar refractivity (Wildman–Crippen MR) is 119 cm³/mol. The van der Waals surface area contributed by atoms with Crippen molar-refractivity contribution in [1.29, 1.82) is 0 Å². The Morgan fingerprint density at radius 2 is 1.97 bits per heavy atom. The van der Waals surface area contributed by atoms with E-state index in [-0.39, 0.29) is 6.04 Å². The van der Waals surface area contributed by atoms with Crippen LogP contribution >= 0.6 is 0 Å². The number of methoxy groups -OCH3 is 1. The summed E-state index contributed by atoms with van der Waals surface area (Å²) in [7, 11) is 3.59. The van der Waals surface area contributed by atoms with E-state index in [0.717, 1.165) is 56.3 Å². The van der Waals surface area contributed by atoms with Crippen molar-refractivity contribution in [3.05, 3.63) is 47.0 Å². The zero-order valence-electron chi connectivity index (χ0n) is 19.3. The molecule has 0 aliphatic carbocycles. The number of halogens is 2. The Hall–Kier alpha value is -2.59. The van der Waals surface area contributed by atoms with Crippen LogP contribution in [0.25, 0.3) is 0 Å². The second kappa shape index (κ2) is 11.3. The first kappa shape index (κ1) is 24.1. The van der Waals surface area contributed by atoms with Crippen LogP contribution in [0.15, 0.2) is 23.2 Å². The van der Waals surface area contributed by atoms with Crippen LogP contribution in [0, 0.1) is 18.6 Å². The lowest BCUT2D eigenvalue weighted by atomic mass is 10.0. The van der Waals surface area contributed by atoms with E-state index in [1.54, 1.807) is 13.2 Å². The van der Waals surface area contributed by atoms with Gasteiger partial charge in [0.15, 0.2) is 11.8 Å². The fourth-order valence-corrected chi connectivity index (χ4v) is 3.96. The average molecular weight is 450 g/mol. The van der Waals surface area contributed by atoms with Gasteiger partial charge in [-0.15, -0.1) is 10.2 Å². The predicted octanol–water partition coefficient (Wildman–Crippen LogP) is 2.26. The van der Waals surface area contributed by atoms with E-state index in [9.17, 15) is 8.78 Å². The van der Waals surface area contributed by atoms with Crippen molar-refractivity contribution >= 4 is 5.96 Å². The summed E-state index contributed by atoms with van der Waals surface area (Å²) in [4.78, 5) is 9.22. The third-order valence-corrected chi connectivity index (χ3v) is 5.91. The monoisotopic (exact) mass is 449 g/mol. The van der Waals surface area contributed by atoms with E-state index in [1.807, 2.05) is 25.5 Å². The second-order valence-corrected chi connectivity index (χ2v) is 7.89. The molecule has 0 saturated carbocycles. The third-order valence-electron chi connectivity index (χ3n) is 5.91. The normalized spacial score (nSPS) is 16.4. The molecule has 3 rings (SSSR count). The number of aromatic nitrogens is 3. The molecule has 1 aromatic heterocycles. The van der Waals surface area contributed by atoms with Crippen molar-refractivity contribution in [2.45, 2.75) is 32.9 Å². The molecule has 1 fully saturated rings. The van der Waals surface area contributed by atoms with Crippen LogP contribution in [0.2, 0.25) is 0 Å². The summed E-state index contributed by atoms with van der Waals surface area (Å²) in [6.07, 6.45) is 0.751. The van der Waals surface area contributed by atoms with Crippen LogP contribution in [-0.2, 0) is 18.3 Å². The van der Waals surface area contributed by atoms with Gasteiger partial charge in [-0.2, -0.15) is 0 Å². The smallest absolute Gasteiger partial charge is 0.194 e. The SMILES string of the molecule is CCC(c1ccc(F)cc1F)N1CCN(C(=NCc2nnc(C)n2C)NCCOC)CC1. The second-order valence-electron chi connectivity index (χ2n) is 7.89. The van der Waals surface area contributed by atoms with Crippen molar-refractivity contribution in [1.82, 2.24) is 29.9 Å². The van der Waals surface area contributed by atoms with Crippen LogP contribution in [0.5, 0.6) is 0 Å². The summed E-state index contributed by atoms with van der Waals surface area (Å²) in [5, 5.41) is 11.6. The van der Waals surface area contributed by atoms with Gasteiger partial charge in [-0.05, 0) is 19.4 Å². The third kappa shape index (κ3) is 5.80. The van der Waals surface area contributed by atoms with Gasteiger partial charge in [-0.3, -0.25) is 4.90 Å². The van der Waals surface area contributed by atoms with Crippen LogP contribution in [-0.4, -0.2) is 77.0 Å². The molecule has 1 aliphatic rings. The summed E-state index contributed by atoms with van der Waals surface area (Å²) < 4.78 is 34.8. The molecule has 8 nitrogen and oxygen atoms in total. The number of nitrogens with one attached hydrogen (secondary N) is 1. The Morgan fingerprint density at radius 1 is 1.22 bits per heavy atom. The van der Waals surface area contributed by atoms with E-state index in [2.05, 4.69) is 25.3 Å². The highest BCUT2D eigenvalue weighted by molar-refractivity contribution is 5.80. The fraction of sp³-hybridized carbons (Fsp3) is 0.591. The molecule has 1 atom stereocenters. The van der Waals surface area contributed by atoms with E-state index in [4.69, 9.17) is 9.73 Å². The Kier molecular flexibility index (Phi) is 8.52. The van der Waals surface area contributed by atoms with Gasteiger partial charge in [0, 0.05) is 64.6 Å². The summed E-state index contributed by atoms with van der Waals surface area (Å²) in [6, 6.07) is 3.78. The molecule has 1 unspecified atom stereocenters. The Balaban J connectivity index is 1.68. The lowest BCUT2D eigenvalue weighted by Gasteiger charge is -2.40. The van der Waals surface area contributed by atoms with Gasteiger partial charge in [-0.1, -0.05) is 13.0 Å². The molecular formula is C22H33F2N7O. The highest BCUT2D eigenvalue weighted by atomic mass is 19.1. The Bertz CT molecular complexity index is 910. The molecule has 32 heavy (non-hydrogen) atoms. The minimum Gasteiger partial charge on any atom is -0.383 e. The zero-order chi connectivity index (χ0) is 23.1. The van der Waals surface area contributed by atoms with Crippen LogP contribution in [0.4, 0.5) is 8.78 Å². The number of guanidine groups is 1. The van der Waals surface area contributed by atoms with Gasteiger partial charge >= 0.3 is 0 Å². The van der Waals surface area contributed by atoms with Gasteiger partial charge in [0.05, 0.1) is 6.61 Å². The van der Waals surface area contributed by atoms with E-state index >= 15 is 0 Å². The number of nitrogens with zero attached hydrogens (tertiary/aromatic N) is 6. The first-order valence-electron chi connectivity index (χ1n) is 11.0. The quantitative estimate of drug-likeness (QED) is 0.379. The molecule has 0 radical (unpaired) electrons. The highest BCUT2D eigenvalue weighted by Crippen LogP contribution is 2.28. The fourth-order valence-electron chi connectivity index (χ4n) is 3.96. The molecule has 1 aliphatic heterocycles. The van der Waals surface area contributed by atoms with Crippen LogP contribution in [0.1, 0.15) is 36.6 Å². The molecule has 0 spiro atoms. The van der Waals surface area contributed by atoms with Gasteiger partial charge in [-0.25, -0.2) is 13.8 Å². The largest absolute Gasteiger partial charge is 0.383 e. The minimum atomic E-state index is -0.549. The number of hydrogen-bond acceptors (Lipinski definition) is 5. The summed E-state index contributed by atoms with van der Waals surface area (Å²) >= 11 is 0. The van der Waals surface area contributed by atoms with Crippen molar-refractivity contribution in [2.75, 3.05) is 46.4 Å². The number of rotatable bonds is 8. The number of aliphatic imine (C=N–C) groups is 1. The molecule has 176 valence electrons. The summed E-state index contributed by atoms with van der Waals surface area (Å²) in [6.45, 7) is 8.58. The molecule has 2 aromatic rings. The first-order chi connectivity index (χ1) is 15.4. The number of ether oxygens (including phenoxy) is 1. The molecule has 0 bridgehead atoms. The molecule has 2 heterocycles. The number of hydrogen-bond donors (Lipinski definition) is 1. The van der Waals surface area contributed by atoms with Gasteiger partial charge in [0.1, 0.15) is 24.0 Å². The highest BCUT2D eigenvalue weighted by Gasteiger charge is 2.27. The number of piperazine rings is 1. The van der Waals surface area contributed by atoms with Gasteiger partial charge < -0.3 is 19.5 Å². The van der Waals surface area contributed by atoms with E-state index in [0.29, 0.717) is 25.3 Å². The molecule has 1 N–H and O–H groups in total. The minimum absolute atomic E-state index is 0.0822. The number of benzene rings is 1. The van der Waals surface area contributed by atoms with Crippen LogP contribution in [0.3, 0.4) is 0 Å². The average Bonchev–Trinajstić information content (AvgIpc) is 3.11. The molecule has 10 heteroatoms. The first-order valence-corrected chi connectivity index (χ1v) is 11.0. The van der Waals surface area contributed by atoms with E-state index < -0.39 is 11.6 Å². The molecule has 1 aromatic carbocycles. The van der Waals surface area contributed by atoms with Crippen molar-refractivity contribution < 1.29 is 13.5 Å². The maximum absolute atomic E-state index is 14.4. The topological polar surface area (TPSA) is 70.8 Å². The Labute approximate surface area is 188 Å². The van der Waals surface area contributed by atoms with Gasteiger partial charge in [0.2, 0.25) is 0 Å². The van der Waals surface area contributed by atoms with Gasteiger partial charge in [0.25, 0.3) is 0 Å². The number of aryl methyl sites for hydroxylation is 1. The molecule has 0 amide bonds. The maximum Gasteiger partial charge on any atom is 0.194 e. The van der Waals surface area contributed by atoms with E-state index in [1.165, 1.54) is 6.07 Å². The molecular weight excluding hydrogens is 416 g/mol. The standard InChI is InChI=1S/C22H33F2N7O/c1-5-20(18-7-6-17(23)14-19(18)24)30-9-11-31(12-10-30)22(25-8-13-32-4)26-15-21-28-27-16(2)29(21)3/h6-7,14,20H,5,8-13,15H2,1-4H3,(H,25,26). The molecule has 1 saturated heterocycles.